The molecular formula is C15H26N2O3S. The first-order chi connectivity index (χ1) is 9.91. The van der Waals surface area contributed by atoms with Gasteiger partial charge in [0.15, 0.2) is 0 Å². The number of likely N-dealkylation sites (tertiary alicyclic amines) is 1. The van der Waals surface area contributed by atoms with Crippen molar-refractivity contribution in [2.45, 2.75) is 57.9 Å². The second-order valence-electron chi connectivity index (χ2n) is 6.39. The van der Waals surface area contributed by atoms with E-state index in [2.05, 4.69) is 13.8 Å². The van der Waals surface area contributed by atoms with Crippen molar-refractivity contribution in [2.24, 2.45) is 5.41 Å². The molecule has 0 aromatic heterocycles. The molecule has 2 fully saturated rings. The van der Waals surface area contributed by atoms with Crippen molar-refractivity contribution < 1.29 is 14.7 Å². The smallest absolute Gasteiger partial charge is 0.327 e. The Labute approximate surface area is 131 Å². The maximum absolute atomic E-state index is 12.8. The maximum Gasteiger partial charge on any atom is 0.327 e. The van der Waals surface area contributed by atoms with Crippen molar-refractivity contribution >= 4 is 23.8 Å². The quantitative estimate of drug-likeness (QED) is 0.870. The summed E-state index contributed by atoms with van der Waals surface area (Å²) in [6.45, 7) is 7.96. The van der Waals surface area contributed by atoms with E-state index in [-0.39, 0.29) is 11.4 Å². The molecule has 1 N–H and O–H groups in total. The van der Waals surface area contributed by atoms with Gasteiger partial charge >= 0.3 is 12.0 Å². The lowest BCUT2D eigenvalue weighted by molar-refractivity contribution is -0.141. The Bertz CT molecular complexity index is 408. The number of rotatable bonds is 3. The summed E-state index contributed by atoms with van der Waals surface area (Å²) in [4.78, 5) is 27.6. The van der Waals surface area contributed by atoms with Crippen molar-refractivity contribution in [3.05, 3.63) is 0 Å². The highest BCUT2D eigenvalue weighted by Crippen LogP contribution is 2.36. The Hall–Kier alpha value is -0.910. The molecule has 0 bridgehead atoms. The number of carbonyl (C=O) groups excluding carboxylic acids is 1. The molecular weight excluding hydrogens is 288 g/mol. The number of nitrogens with zero attached hydrogens (tertiary/aromatic N) is 2. The van der Waals surface area contributed by atoms with Gasteiger partial charge in [0.25, 0.3) is 0 Å². The highest BCUT2D eigenvalue weighted by atomic mass is 32.2. The number of thioether (sulfide) groups is 1. The minimum absolute atomic E-state index is 0.00177. The number of carboxylic acid groups (broad SMARTS) is 1. The van der Waals surface area contributed by atoms with Gasteiger partial charge in [-0.2, -0.15) is 0 Å². The van der Waals surface area contributed by atoms with Gasteiger partial charge in [-0.1, -0.05) is 27.2 Å². The van der Waals surface area contributed by atoms with E-state index in [0.717, 1.165) is 38.8 Å². The van der Waals surface area contributed by atoms with Crippen molar-refractivity contribution in [2.75, 3.05) is 18.8 Å². The van der Waals surface area contributed by atoms with Gasteiger partial charge in [0.05, 0.1) is 5.37 Å². The zero-order valence-corrected chi connectivity index (χ0v) is 14.0. The van der Waals surface area contributed by atoms with Crippen LogP contribution in [0.2, 0.25) is 0 Å². The normalized spacial score (nSPS) is 28.7. The lowest BCUT2D eigenvalue weighted by atomic mass is 9.78. The largest absolute Gasteiger partial charge is 0.480 e. The van der Waals surface area contributed by atoms with Gasteiger partial charge < -0.3 is 10.0 Å². The third-order valence-corrected chi connectivity index (χ3v) is 6.50. The topological polar surface area (TPSA) is 60.9 Å². The Balaban J connectivity index is 2.06. The monoisotopic (exact) mass is 314 g/mol. The van der Waals surface area contributed by atoms with Crippen molar-refractivity contribution in [1.82, 2.24) is 9.80 Å². The van der Waals surface area contributed by atoms with Gasteiger partial charge in [0.2, 0.25) is 0 Å². The summed E-state index contributed by atoms with van der Waals surface area (Å²) >= 11 is 1.58. The van der Waals surface area contributed by atoms with Crippen LogP contribution in [0.15, 0.2) is 0 Å². The predicted octanol–water partition coefficient (Wildman–Crippen LogP) is 2.86. The summed E-state index contributed by atoms with van der Waals surface area (Å²) in [6.07, 6.45) is 3.93. The van der Waals surface area contributed by atoms with E-state index in [1.165, 1.54) is 0 Å². The molecule has 21 heavy (non-hydrogen) atoms. The van der Waals surface area contributed by atoms with E-state index in [1.54, 1.807) is 16.7 Å². The van der Waals surface area contributed by atoms with Gasteiger partial charge in [0, 0.05) is 18.8 Å². The fraction of sp³-hybridized carbons (Fsp3) is 0.867. The highest BCUT2D eigenvalue weighted by Gasteiger charge is 2.43. The van der Waals surface area contributed by atoms with Gasteiger partial charge in [-0.3, -0.25) is 4.90 Å². The number of aliphatic carboxylic acids is 1. The lowest BCUT2D eigenvalue weighted by Gasteiger charge is -2.41. The van der Waals surface area contributed by atoms with Gasteiger partial charge in [-0.15, -0.1) is 11.8 Å². The molecule has 120 valence electrons. The fourth-order valence-corrected chi connectivity index (χ4v) is 4.42. The van der Waals surface area contributed by atoms with Crippen LogP contribution in [0.1, 0.15) is 46.5 Å². The predicted molar refractivity (Wildman–Crippen MR) is 84.4 cm³/mol. The SMILES string of the molecule is CCC1SCC(C(=O)O)N1C(=O)N1CCC(C)(CC)CC1. The van der Waals surface area contributed by atoms with Gasteiger partial charge in [-0.25, -0.2) is 9.59 Å². The number of carboxylic acids is 1. The molecule has 0 radical (unpaired) electrons. The summed E-state index contributed by atoms with van der Waals surface area (Å²) in [5.74, 6) is -0.387. The van der Waals surface area contributed by atoms with E-state index < -0.39 is 12.0 Å². The van der Waals surface area contributed by atoms with Gasteiger partial charge in [-0.05, 0) is 24.7 Å². The molecule has 2 aliphatic heterocycles. The number of amides is 2. The molecule has 2 rings (SSSR count). The molecule has 2 aliphatic rings. The molecule has 0 aliphatic carbocycles. The summed E-state index contributed by atoms with van der Waals surface area (Å²) in [5.41, 5.74) is 0.326. The first-order valence-electron chi connectivity index (χ1n) is 7.83. The number of carbonyl (C=O) groups is 2. The van der Waals surface area contributed by atoms with E-state index >= 15 is 0 Å². The Morgan fingerprint density at radius 3 is 2.38 bits per heavy atom. The lowest BCUT2D eigenvalue weighted by Crippen LogP contribution is -2.54. The first-order valence-corrected chi connectivity index (χ1v) is 8.88. The molecule has 5 nitrogen and oxygen atoms in total. The Morgan fingerprint density at radius 1 is 1.29 bits per heavy atom. The number of hydrogen-bond donors (Lipinski definition) is 1. The van der Waals surface area contributed by atoms with E-state index in [1.807, 2.05) is 11.8 Å². The molecule has 2 saturated heterocycles. The zero-order chi connectivity index (χ0) is 15.6. The molecule has 6 heteroatoms. The van der Waals surface area contributed by atoms with E-state index in [0.29, 0.717) is 11.2 Å². The van der Waals surface area contributed by atoms with E-state index in [9.17, 15) is 14.7 Å². The molecule has 2 unspecified atom stereocenters. The number of hydrogen-bond acceptors (Lipinski definition) is 3. The van der Waals surface area contributed by atoms with Crippen LogP contribution in [-0.4, -0.2) is 57.2 Å². The standard InChI is InChI=1S/C15H26N2O3S/c1-4-12-17(11(10-21-12)13(18)19)14(20)16-8-6-15(3,5-2)7-9-16/h11-12H,4-10H2,1-3H3,(H,18,19). The van der Waals surface area contributed by atoms with Crippen molar-refractivity contribution in [1.29, 1.82) is 0 Å². The van der Waals surface area contributed by atoms with Crippen LogP contribution in [0.5, 0.6) is 0 Å². The second kappa shape index (κ2) is 6.46. The third kappa shape index (κ3) is 3.30. The number of urea groups is 1. The summed E-state index contributed by atoms with van der Waals surface area (Å²) in [6, 6.07) is -0.760. The van der Waals surface area contributed by atoms with Crippen LogP contribution in [0.3, 0.4) is 0 Å². The van der Waals surface area contributed by atoms with Crippen LogP contribution >= 0.6 is 11.8 Å². The fourth-order valence-electron chi connectivity index (χ4n) is 3.08. The summed E-state index contributed by atoms with van der Waals surface area (Å²) in [5, 5.41) is 9.34. The van der Waals surface area contributed by atoms with Crippen LogP contribution in [-0.2, 0) is 4.79 Å². The van der Waals surface area contributed by atoms with Crippen molar-refractivity contribution in [3.8, 4) is 0 Å². The van der Waals surface area contributed by atoms with E-state index in [4.69, 9.17) is 0 Å². The maximum atomic E-state index is 12.8. The van der Waals surface area contributed by atoms with Gasteiger partial charge in [0.1, 0.15) is 6.04 Å². The molecule has 2 atom stereocenters. The molecule has 2 amide bonds. The Morgan fingerprint density at radius 2 is 1.90 bits per heavy atom. The van der Waals surface area contributed by atoms with Crippen molar-refractivity contribution in [3.63, 3.8) is 0 Å². The summed E-state index contributed by atoms with van der Waals surface area (Å²) < 4.78 is 0. The molecule has 0 saturated carbocycles. The molecule has 0 aromatic carbocycles. The zero-order valence-electron chi connectivity index (χ0n) is 13.2. The summed E-state index contributed by atoms with van der Waals surface area (Å²) in [7, 11) is 0. The highest BCUT2D eigenvalue weighted by molar-refractivity contribution is 8.00. The molecule has 0 spiro atoms. The first kappa shape index (κ1) is 16.5. The van der Waals surface area contributed by atoms with Crippen LogP contribution < -0.4 is 0 Å². The minimum atomic E-state index is -0.887. The van der Waals surface area contributed by atoms with Crippen LogP contribution in [0, 0.1) is 5.41 Å². The van der Waals surface area contributed by atoms with Crippen LogP contribution in [0.25, 0.3) is 0 Å². The molecule has 0 aromatic rings. The molecule has 2 heterocycles. The average Bonchev–Trinajstić information content (AvgIpc) is 2.91. The van der Waals surface area contributed by atoms with Crippen LogP contribution in [0.4, 0.5) is 4.79 Å². The number of piperidine rings is 1. The Kier molecular flexibility index (Phi) is 5.07. The minimum Gasteiger partial charge on any atom is -0.480 e. The second-order valence-corrected chi connectivity index (χ2v) is 7.60. The third-order valence-electron chi connectivity index (χ3n) is 5.04. The average molecular weight is 314 g/mol.